The molecule has 3 heteroatoms. The van der Waals surface area contributed by atoms with Crippen LogP contribution in [0.2, 0.25) is 0 Å². The maximum absolute atomic E-state index is 11.8. The third-order valence-corrected chi connectivity index (χ3v) is 4.52. The monoisotopic (exact) mass is 278 g/mol. The van der Waals surface area contributed by atoms with Crippen LogP contribution in [0.4, 0.5) is 0 Å². The van der Waals surface area contributed by atoms with Crippen LogP contribution in [0, 0.1) is 6.92 Å². The molecule has 0 fully saturated rings. The average Bonchev–Trinajstić information content (AvgIpc) is 2.82. The minimum Gasteiger partial charge on any atom is -0.280 e. The summed E-state index contributed by atoms with van der Waals surface area (Å²) in [7, 11) is 0. The number of benzene rings is 1. The van der Waals surface area contributed by atoms with Crippen molar-refractivity contribution in [2.24, 2.45) is 0 Å². The normalized spacial score (nSPS) is 14.2. The molecule has 0 aliphatic carbocycles. The summed E-state index contributed by atoms with van der Waals surface area (Å²) in [5.41, 5.74) is 1.50. The molecule has 2 rings (SSSR count). The highest BCUT2D eigenvalue weighted by atomic mass is 35.5. The summed E-state index contributed by atoms with van der Waals surface area (Å²) in [5, 5.41) is 1.71. The van der Waals surface area contributed by atoms with Gasteiger partial charge in [-0.05, 0) is 48.9 Å². The second kappa shape index (κ2) is 5.25. The minimum atomic E-state index is -0.653. The zero-order valence-corrected chi connectivity index (χ0v) is 12.0. The van der Waals surface area contributed by atoms with Crippen LogP contribution in [0.25, 0.3) is 0 Å². The topological polar surface area (TPSA) is 17.1 Å². The highest BCUT2D eigenvalue weighted by Crippen LogP contribution is 2.32. The number of aryl methyl sites for hydroxylation is 1. The van der Waals surface area contributed by atoms with Gasteiger partial charge in [-0.25, -0.2) is 0 Å². The first-order valence-electron chi connectivity index (χ1n) is 5.82. The Hall–Kier alpha value is -1.12. The van der Waals surface area contributed by atoms with E-state index in [0.717, 1.165) is 5.56 Å². The SMILES string of the molecule is Cc1ccc(C(C)(Cc2cccs2)C(=O)Cl)cc1. The molecule has 0 saturated carbocycles. The Balaban J connectivity index is 2.37. The van der Waals surface area contributed by atoms with Crippen molar-refractivity contribution in [3.8, 4) is 0 Å². The van der Waals surface area contributed by atoms with Gasteiger partial charge < -0.3 is 0 Å². The molecule has 18 heavy (non-hydrogen) atoms. The van der Waals surface area contributed by atoms with E-state index >= 15 is 0 Å². The second-order valence-electron chi connectivity index (χ2n) is 4.73. The first-order chi connectivity index (χ1) is 8.52. The third kappa shape index (κ3) is 2.65. The Labute approximate surface area is 116 Å². The zero-order chi connectivity index (χ0) is 13.2. The smallest absolute Gasteiger partial charge is 0.232 e. The predicted molar refractivity (Wildman–Crippen MR) is 77.4 cm³/mol. The number of thiophene rings is 1. The van der Waals surface area contributed by atoms with Crippen molar-refractivity contribution in [3.05, 3.63) is 57.8 Å². The molecule has 0 saturated heterocycles. The predicted octanol–water partition coefficient (Wildman–Crippen LogP) is 4.32. The third-order valence-electron chi connectivity index (χ3n) is 3.23. The van der Waals surface area contributed by atoms with Crippen LogP contribution in [-0.2, 0) is 16.6 Å². The van der Waals surface area contributed by atoms with Crippen LogP contribution in [0.3, 0.4) is 0 Å². The van der Waals surface area contributed by atoms with E-state index in [1.807, 2.05) is 55.6 Å². The number of hydrogen-bond donors (Lipinski definition) is 0. The highest BCUT2D eigenvalue weighted by molar-refractivity contribution is 7.09. The molecule has 0 amide bonds. The fourth-order valence-corrected chi connectivity index (χ4v) is 3.01. The molecule has 0 aliphatic rings. The first-order valence-corrected chi connectivity index (χ1v) is 7.07. The molecule has 0 radical (unpaired) electrons. The van der Waals surface area contributed by atoms with E-state index in [9.17, 15) is 4.79 Å². The molecular formula is C15H15ClOS. The molecule has 0 N–H and O–H groups in total. The molecule has 0 spiro atoms. The van der Waals surface area contributed by atoms with Crippen LogP contribution in [0.1, 0.15) is 22.9 Å². The van der Waals surface area contributed by atoms with E-state index in [1.54, 1.807) is 11.3 Å². The van der Waals surface area contributed by atoms with Gasteiger partial charge in [0.15, 0.2) is 0 Å². The van der Waals surface area contributed by atoms with Crippen LogP contribution in [0.15, 0.2) is 41.8 Å². The molecule has 94 valence electrons. The van der Waals surface area contributed by atoms with Gasteiger partial charge in [0.25, 0.3) is 0 Å². The quantitative estimate of drug-likeness (QED) is 0.761. The highest BCUT2D eigenvalue weighted by Gasteiger charge is 2.34. The molecule has 0 bridgehead atoms. The number of hydrogen-bond acceptors (Lipinski definition) is 2. The van der Waals surface area contributed by atoms with Gasteiger partial charge in [0.1, 0.15) is 0 Å². The molecule has 1 unspecified atom stereocenters. The van der Waals surface area contributed by atoms with Crippen molar-refractivity contribution in [1.29, 1.82) is 0 Å². The summed E-state index contributed by atoms with van der Waals surface area (Å²) < 4.78 is 0. The largest absolute Gasteiger partial charge is 0.280 e. The summed E-state index contributed by atoms with van der Waals surface area (Å²) in [6, 6.07) is 12.0. The fraction of sp³-hybridized carbons (Fsp3) is 0.267. The van der Waals surface area contributed by atoms with Gasteiger partial charge >= 0.3 is 0 Å². The summed E-state index contributed by atoms with van der Waals surface area (Å²) in [6.45, 7) is 3.94. The van der Waals surface area contributed by atoms with Gasteiger partial charge in [-0.2, -0.15) is 0 Å². The lowest BCUT2D eigenvalue weighted by Crippen LogP contribution is -2.31. The van der Waals surface area contributed by atoms with E-state index in [0.29, 0.717) is 6.42 Å². The standard InChI is InChI=1S/C15H15ClOS/c1-11-5-7-12(8-6-11)15(2,14(16)17)10-13-4-3-9-18-13/h3-9H,10H2,1-2H3. The summed E-state index contributed by atoms with van der Waals surface area (Å²) >= 11 is 7.50. The molecule has 1 aromatic carbocycles. The van der Waals surface area contributed by atoms with Gasteiger partial charge in [-0.3, -0.25) is 4.79 Å². The molecule has 0 aliphatic heterocycles. The van der Waals surface area contributed by atoms with Gasteiger partial charge in [0, 0.05) is 4.88 Å². The zero-order valence-electron chi connectivity index (χ0n) is 10.4. The summed E-state index contributed by atoms with van der Waals surface area (Å²) in [5.74, 6) is 0. The van der Waals surface area contributed by atoms with Gasteiger partial charge in [0.2, 0.25) is 5.24 Å². The lowest BCUT2D eigenvalue weighted by atomic mass is 9.80. The Morgan fingerprint density at radius 1 is 1.28 bits per heavy atom. The average molecular weight is 279 g/mol. The Kier molecular flexibility index (Phi) is 3.88. The molecular weight excluding hydrogens is 264 g/mol. The number of halogens is 1. The van der Waals surface area contributed by atoms with Crippen molar-refractivity contribution in [2.75, 3.05) is 0 Å². The molecule has 1 heterocycles. The van der Waals surface area contributed by atoms with Gasteiger partial charge in [0.05, 0.1) is 5.41 Å². The van der Waals surface area contributed by atoms with Crippen LogP contribution in [-0.4, -0.2) is 5.24 Å². The van der Waals surface area contributed by atoms with Gasteiger partial charge in [-0.15, -0.1) is 11.3 Å². The molecule has 2 aromatic rings. The van der Waals surface area contributed by atoms with Crippen LogP contribution >= 0.6 is 22.9 Å². The van der Waals surface area contributed by atoms with E-state index in [4.69, 9.17) is 11.6 Å². The minimum absolute atomic E-state index is 0.306. The number of carbonyl (C=O) groups is 1. The van der Waals surface area contributed by atoms with Crippen molar-refractivity contribution in [3.63, 3.8) is 0 Å². The lowest BCUT2D eigenvalue weighted by molar-refractivity contribution is -0.116. The van der Waals surface area contributed by atoms with Crippen LogP contribution in [0.5, 0.6) is 0 Å². The number of rotatable bonds is 4. The molecule has 1 atom stereocenters. The van der Waals surface area contributed by atoms with E-state index in [2.05, 4.69) is 0 Å². The first kappa shape index (κ1) is 13.3. The fourth-order valence-electron chi connectivity index (χ4n) is 1.97. The Morgan fingerprint density at radius 2 is 1.94 bits per heavy atom. The van der Waals surface area contributed by atoms with E-state index in [-0.39, 0.29) is 5.24 Å². The molecule has 1 nitrogen and oxygen atoms in total. The summed E-state index contributed by atoms with van der Waals surface area (Å²) in [6.07, 6.45) is 0.649. The van der Waals surface area contributed by atoms with Crippen molar-refractivity contribution in [2.45, 2.75) is 25.7 Å². The van der Waals surface area contributed by atoms with Crippen molar-refractivity contribution < 1.29 is 4.79 Å². The van der Waals surface area contributed by atoms with Gasteiger partial charge in [-0.1, -0.05) is 35.9 Å². The van der Waals surface area contributed by atoms with Crippen LogP contribution < -0.4 is 0 Å². The second-order valence-corrected chi connectivity index (χ2v) is 6.10. The number of carbonyl (C=O) groups excluding carboxylic acids is 1. The van der Waals surface area contributed by atoms with Crippen molar-refractivity contribution in [1.82, 2.24) is 0 Å². The Bertz CT molecular complexity index is 530. The van der Waals surface area contributed by atoms with Crippen molar-refractivity contribution >= 4 is 28.2 Å². The lowest BCUT2D eigenvalue weighted by Gasteiger charge is -2.25. The Morgan fingerprint density at radius 3 is 2.44 bits per heavy atom. The molecule has 1 aromatic heterocycles. The van der Waals surface area contributed by atoms with E-state index < -0.39 is 5.41 Å². The maximum Gasteiger partial charge on any atom is 0.232 e. The summed E-state index contributed by atoms with van der Waals surface area (Å²) in [4.78, 5) is 13.0. The maximum atomic E-state index is 11.8. The van der Waals surface area contributed by atoms with E-state index in [1.165, 1.54) is 10.4 Å².